The van der Waals surface area contributed by atoms with Gasteiger partial charge in [-0.3, -0.25) is 33.8 Å². The molecule has 6 atom stereocenters. The molecule has 15 nitrogen and oxygen atoms in total. The molecule has 5 aliphatic rings. The van der Waals surface area contributed by atoms with Crippen molar-refractivity contribution in [3.05, 3.63) is 24.8 Å². The van der Waals surface area contributed by atoms with Gasteiger partial charge in [0.05, 0.1) is 5.25 Å². The molecule has 4 aliphatic carbocycles. The van der Waals surface area contributed by atoms with Gasteiger partial charge in [0.2, 0.25) is 33.6 Å². The van der Waals surface area contributed by atoms with Gasteiger partial charge in [0.15, 0.2) is 0 Å². The lowest BCUT2D eigenvalue weighted by atomic mass is 9.73. The third-order valence-corrected chi connectivity index (χ3v) is 14.9. The minimum Gasteiger partial charge on any atom is -0.342 e. The molecule has 1 saturated heterocycles. The molecule has 0 radical (unpaired) electrons. The van der Waals surface area contributed by atoms with Crippen LogP contribution < -0.4 is 20.7 Å². The van der Waals surface area contributed by atoms with Crippen LogP contribution in [0.3, 0.4) is 0 Å². The first-order valence-corrected chi connectivity index (χ1v) is 19.8. The molecule has 1 aromatic rings. The van der Waals surface area contributed by atoms with Crippen LogP contribution in [-0.4, -0.2) is 93.5 Å². The largest absolute Gasteiger partial charge is 0.342 e. The standard InChI is InChI=1S/C36H54N8O7S/c1-10-20-16-36(20,30(49)43-52(50,51)21-12-13-21)41-26(45)22-17-35(33(8,9)34(35)14-11-15-34)18-44(22)29(48)24(32(5,6)7)40-27(46)23(31(2,3)4)39-28(47)25-37-19-38-42-25/h10,19-24H,1,11-18H2,2-9H3,(H,39,47)(H,40,46)(H,41,45)(H,43,49)(H,37,38,42)/t20-,22+,23-,24-,35-,36-/m1/s1. The highest BCUT2D eigenvalue weighted by Crippen LogP contribution is 2.88. The van der Waals surface area contributed by atoms with Gasteiger partial charge in [0.25, 0.3) is 11.8 Å². The monoisotopic (exact) mass is 742 g/mol. The average molecular weight is 743 g/mol. The Bertz CT molecular complexity index is 1790. The predicted octanol–water partition coefficient (Wildman–Crippen LogP) is 1.95. The van der Waals surface area contributed by atoms with E-state index >= 15 is 0 Å². The molecule has 1 aliphatic heterocycles. The second kappa shape index (κ2) is 12.1. The number of sulfonamides is 1. The van der Waals surface area contributed by atoms with Crippen molar-refractivity contribution in [2.45, 2.75) is 129 Å². The van der Waals surface area contributed by atoms with Gasteiger partial charge < -0.3 is 20.9 Å². The zero-order valence-corrected chi connectivity index (χ0v) is 32.3. The Labute approximate surface area is 305 Å². The second-order valence-corrected chi connectivity index (χ2v) is 20.4. The van der Waals surface area contributed by atoms with Crippen molar-refractivity contribution in [2.75, 3.05) is 6.54 Å². The van der Waals surface area contributed by atoms with E-state index in [0.29, 0.717) is 25.8 Å². The van der Waals surface area contributed by atoms with Crippen LogP contribution in [0.4, 0.5) is 0 Å². The third kappa shape index (κ3) is 5.92. The highest BCUT2D eigenvalue weighted by atomic mass is 32.2. The van der Waals surface area contributed by atoms with Crippen LogP contribution in [0.5, 0.6) is 0 Å². The summed E-state index contributed by atoms with van der Waals surface area (Å²) in [5, 5.41) is 14.1. The smallest absolute Gasteiger partial charge is 0.289 e. The molecule has 5 amide bonds. The summed E-state index contributed by atoms with van der Waals surface area (Å²) in [6.07, 6.45) is 7.25. The van der Waals surface area contributed by atoms with Crippen molar-refractivity contribution in [1.82, 2.24) is 40.8 Å². The minimum absolute atomic E-state index is 0.0347. The van der Waals surface area contributed by atoms with E-state index in [4.69, 9.17) is 0 Å². The highest BCUT2D eigenvalue weighted by molar-refractivity contribution is 7.91. The van der Waals surface area contributed by atoms with Crippen LogP contribution in [0.15, 0.2) is 19.0 Å². The van der Waals surface area contributed by atoms with Gasteiger partial charge in [-0.1, -0.05) is 67.9 Å². The van der Waals surface area contributed by atoms with Crippen LogP contribution in [-0.2, 0) is 29.2 Å². The zero-order chi connectivity index (χ0) is 38.4. The number of nitrogens with one attached hydrogen (secondary N) is 5. The molecule has 1 aromatic heterocycles. The molecule has 5 fully saturated rings. The summed E-state index contributed by atoms with van der Waals surface area (Å²) in [5.74, 6) is -3.55. The zero-order valence-electron chi connectivity index (χ0n) is 31.5. The van der Waals surface area contributed by atoms with Crippen molar-refractivity contribution in [3.63, 3.8) is 0 Å². The molecule has 0 unspecified atom stereocenters. The summed E-state index contributed by atoms with van der Waals surface area (Å²) in [6, 6.07) is -3.14. The fourth-order valence-corrected chi connectivity index (χ4v) is 10.7. The van der Waals surface area contributed by atoms with E-state index in [9.17, 15) is 32.4 Å². The minimum atomic E-state index is -3.88. The third-order valence-electron chi connectivity index (χ3n) is 13.1. The van der Waals surface area contributed by atoms with Crippen molar-refractivity contribution >= 4 is 39.6 Å². The number of aromatic amines is 1. The van der Waals surface area contributed by atoms with Gasteiger partial charge in [-0.05, 0) is 60.2 Å². The topological polar surface area (TPSA) is 212 Å². The lowest BCUT2D eigenvalue weighted by Crippen LogP contribution is -2.63. The van der Waals surface area contributed by atoms with E-state index in [2.05, 4.69) is 56.3 Å². The van der Waals surface area contributed by atoms with Crippen LogP contribution in [0.1, 0.15) is 111 Å². The van der Waals surface area contributed by atoms with Crippen molar-refractivity contribution in [1.29, 1.82) is 0 Å². The fraction of sp³-hybridized carbons (Fsp3) is 0.750. The number of nitrogens with zero attached hydrogens (tertiary/aromatic N) is 3. The Balaban J connectivity index is 1.29. The molecule has 5 N–H and O–H groups in total. The van der Waals surface area contributed by atoms with Gasteiger partial charge in [0, 0.05) is 17.9 Å². The van der Waals surface area contributed by atoms with Crippen LogP contribution in [0, 0.1) is 33.0 Å². The first-order chi connectivity index (χ1) is 24.0. The lowest BCUT2D eigenvalue weighted by molar-refractivity contribution is -0.145. The Morgan fingerprint density at radius 2 is 1.62 bits per heavy atom. The number of aromatic nitrogens is 3. The highest BCUT2D eigenvalue weighted by Gasteiger charge is 2.85. The fourth-order valence-electron chi connectivity index (χ4n) is 9.31. The van der Waals surface area contributed by atoms with Gasteiger partial charge in [0.1, 0.15) is 30.0 Å². The van der Waals surface area contributed by atoms with Crippen molar-refractivity contribution in [2.24, 2.45) is 33.0 Å². The maximum atomic E-state index is 14.9. The molecule has 6 rings (SSSR count). The Kier molecular flexibility index (Phi) is 8.83. The van der Waals surface area contributed by atoms with Gasteiger partial charge in [-0.15, -0.1) is 6.58 Å². The van der Waals surface area contributed by atoms with E-state index in [-0.39, 0.29) is 28.5 Å². The summed E-state index contributed by atoms with van der Waals surface area (Å²) >= 11 is 0. The van der Waals surface area contributed by atoms with Crippen molar-refractivity contribution in [3.8, 4) is 0 Å². The molecule has 16 heteroatoms. The molecule has 2 spiro atoms. The molecule has 52 heavy (non-hydrogen) atoms. The molecule has 286 valence electrons. The number of amides is 5. The summed E-state index contributed by atoms with van der Waals surface area (Å²) in [4.78, 5) is 75.4. The summed E-state index contributed by atoms with van der Waals surface area (Å²) in [5.41, 5.74) is -3.64. The summed E-state index contributed by atoms with van der Waals surface area (Å²) < 4.78 is 27.7. The second-order valence-electron chi connectivity index (χ2n) is 18.4. The first-order valence-electron chi connectivity index (χ1n) is 18.3. The van der Waals surface area contributed by atoms with E-state index in [1.165, 1.54) is 12.4 Å². The number of hydrogen-bond acceptors (Lipinski definition) is 9. The van der Waals surface area contributed by atoms with E-state index in [1.54, 1.807) is 25.7 Å². The SMILES string of the molecule is C=C[C@@H]1C[C@]1(NC(=O)[C@@H]1C[C@@]2(CN1C(=O)[C@@H](NC(=O)[C@@H](NC(=O)c1ncn[nH]1)C(C)(C)C)C(C)(C)C)C(C)(C)C21CCC1)C(=O)NS(=O)(=O)C1CC1. The summed E-state index contributed by atoms with van der Waals surface area (Å²) in [7, 11) is -3.88. The normalized spacial score (nSPS) is 29.7. The Morgan fingerprint density at radius 1 is 0.981 bits per heavy atom. The van der Waals surface area contributed by atoms with Gasteiger partial charge in [-0.25, -0.2) is 13.4 Å². The maximum Gasteiger partial charge on any atom is 0.289 e. The maximum absolute atomic E-state index is 14.9. The van der Waals surface area contributed by atoms with E-state index in [0.717, 1.165) is 19.3 Å². The molecule has 4 saturated carbocycles. The average Bonchev–Trinajstić information content (AvgIpc) is 3.93. The Hall–Kier alpha value is -3.82. The quantitative estimate of drug-likeness (QED) is 0.209. The molecule has 2 heterocycles. The van der Waals surface area contributed by atoms with Crippen LogP contribution >= 0.6 is 0 Å². The van der Waals surface area contributed by atoms with Gasteiger partial charge in [-0.2, -0.15) is 5.10 Å². The number of carbonyl (C=O) groups excluding carboxylic acids is 5. The predicted molar refractivity (Wildman–Crippen MR) is 190 cm³/mol. The van der Waals surface area contributed by atoms with Crippen molar-refractivity contribution < 1.29 is 32.4 Å². The summed E-state index contributed by atoms with van der Waals surface area (Å²) in [6.45, 7) is 19.3. The van der Waals surface area contributed by atoms with E-state index < -0.39 is 85.2 Å². The molecular weight excluding hydrogens is 689 g/mol. The number of carbonyl (C=O) groups is 5. The van der Waals surface area contributed by atoms with E-state index in [1.807, 2.05) is 20.8 Å². The number of rotatable bonds is 11. The van der Waals surface area contributed by atoms with Gasteiger partial charge >= 0.3 is 0 Å². The number of hydrogen-bond donors (Lipinski definition) is 5. The lowest BCUT2D eigenvalue weighted by Gasteiger charge is -2.38. The van der Waals surface area contributed by atoms with Crippen LogP contribution in [0.2, 0.25) is 0 Å². The Morgan fingerprint density at radius 3 is 2.08 bits per heavy atom. The number of H-pyrrole nitrogens is 1. The molecule has 0 aromatic carbocycles. The number of likely N-dealkylation sites (tertiary alicyclic amines) is 1. The van der Waals surface area contributed by atoms with Crippen LogP contribution in [0.25, 0.3) is 0 Å². The number of fused-ring (bicyclic) bond motifs is 1. The first kappa shape index (κ1) is 37.9. The molecule has 0 bridgehead atoms. The molecular formula is C36H54N8O7S.